The molecule has 2 aliphatic rings. The van der Waals surface area contributed by atoms with Crippen LogP contribution in [0.25, 0.3) is 0 Å². The predicted octanol–water partition coefficient (Wildman–Crippen LogP) is 1.12. The number of carbonyl (C=O) groups excluding carboxylic acids is 1. The Hall–Kier alpha value is -4.65. The van der Waals surface area contributed by atoms with Crippen molar-refractivity contribution in [2.24, 2.45) is 5.73 Å². The van der Waals surface area contributed by atoms with Gasteiger partial charge in [0.2, 0.25) is 17.7 Å². The molecule has 1 atom stereocenters. The molecular weight excluding hydrogens is 417 g/mol. The molecule has 4 N–H and O–H groups in total. The number of para-hydroxylation sites is 1. The maximum absolute atomic E-state index is 14.0. The van der Waals surface area contributed by atoms with Gasteiger partial charge in [0.1, 0.15) is 23.0 Å². The minimum Gasteiger partial charge on any atom is -0.423 e. The number of carbonyl (C=O) groups is 1. The number of halogens is 1. The quantitative estimate of drug-likeness (QED) is 0.554. The summed E-state index contributed by atoms with van der Waals surface area (Å²) in [6.07, 6.45) is 0. The van der Waals surface area contributed by atoms with Crippen molar-refractivity contribution in [1.82, 2.24) is 9.97 Å². The van der Waals surface area contributed by atoms with Gasteiger partial charge in [-0.3, -0.25) is 19.6 Å². The number of nitrogens with one attached hydrogen (secondary N) is 2. The van der Waals surface area contributed by atoms with Gasteiger partial charge < -0.3 is 15.4 Å². The van der Waals surface area contributed by atoms with Gasteiger partial charge in [-0.25, -0.2) is 9.18 Å². The Bertz CT molecular complexity index is 1480. The van der Waals surface area contributed by atoms with Crippen LogP contribution < -0.4 is 26.6 Å². The zero-order valence-electron chi connectivity index (χ0n) is 16.3. The summed E-state index contributed by atoms with van der Waals surface area (Å²) in [6.45, 7) is 0.0495. The van der Waals surface area contributed by atoms with E-state index in [0.717, 1.165) is 0 Å². The Morgan fingerprint density at radius 3 is 2.53 bits per heavy atom. The number of fused-ring (bicyclic) bond motifs is 4. The van der Waals surface area contributed by atoms with Gasteiger partial charge >= 0.3 is 5.69 Å². The summed E-state index contributed by atoms with van der Waals surface area (Å²) in [4.78, 5) is 44.7. The van der Waals surface area contributed by atoms with Crippen LogP contribution in [0.5, 0.6) is 5.88 Å². The van der Waals surface area contributed by atoms with E-state index < -0.39 is 34.3 Å². The second kappa shape index (κ2) is 6.68. The fourth-order valence-corrected chi connectivity index (χ4v) is 4.36. The van der Waals surface area contributed by atoms with E-state index in [4.69, 9.17) is 10.5 Å². The second-order valence-electron chi connectivity index (χ2n) is 7.35. The zero-order valence-corrected chi connectivity index (χ0v) is 16.3. The third kappa shape index (κ3) is 2.45. The standard InChI is InChI=1S/C22H14FN5O4/c23-12-7-5-11(6-8-12)10-28-15-4-2-1-3-13(15)22(20(28)30)14(9-24)17(25)32-19-16(22)18(29)26-21(31)27-19/h1-8H,10,25H2,(H2,26,27,29,31)/t22-/m0/s1. The van der Waals surface area contributed by atoms with Crippen molar-refractivity contribution in [2.75, 3.05) is 4.90 Å². The third-order valence-electron chi connectivity index (χ3n) is 5.65. The minimum absolute atomic E-state index is 0.0495. The minimum atomic E-state index is -1.92. The lowest BCUT2D eigenvalue weighted by Gasteiger charge is -2.32. The summed E-state index contributed by atoms with van der Waals surface area (Å²) in [5.41, 5.74) is 3.26. The fourth-order valence-electron chi connectivity index (χ4n) is 4.36. The SMILES string of the molecule is N#CC1=C(N)Oc2[nH]c(=O)[nH]c(=O)c2[C@@]12C(=O)N(Cc1ccc(F)cc1)c1ccccc12. The Morgan fingerprint density at radius 1 is 1.09 bits per heavy atom. The summed E-state index contributed by atoms with van der Waals surface area (Å²) >= 11 is 0. The normalized spacial score (nSPS) is 18.9. The molecule has 0 aliphatic carbocycles. The Kier molecular flexibility index (Phi) is 4.03. The molecule has 3 heterocycles. The monoisotopic (exact) mass is 431 g/mol. The molecule has 10 heteroatoms. The first kappa shape index (κ1) is 19.3. The van der Waals surface area contributed by atoms with Crippen LogP contribution in [0.3, 0.4) is 0 Å². The highest BCUT2D eigenvalue weighted by Crippen LogP contribution is 2.53. The van der Waals surface area contributed by atoms with E-state index in [1.54, 1.807) is 24.3 Å². The number of aromatic amines is 2. The van der Waals surface area contributed by atoms with Crippen LogP contribution in [0.2, 0.25) is 0 Å². The van der Waals surface area contributed by atoms with Crippen molar-refractivity contribution < 1.29 is 13.9 Å². The number of ether oxygens (including phenoxy) is 1. The van der Waals surface area contributed by atoms with Crippen LogP contribution in [-0.4, -0.2) is 15.9 Å². The maximum atomic E-state index is 14.0. The summed E-state index contributed by atoms with van der Waals surface area (Å²) in [7, 11) is 0. The van der Waals surface area contributed by atoms with E-state index in [0.29, 0.717) is 16.8 Å². The van der Waals surface area contributed by atoms with E-state index in [1.807, 2.05) is 6.07 Å². The van der Waals surface area contributed by atoms with Crippen molar-refractivity contribution in [2.45, 2.75) is 12.0 Å². The summed E-state index contributed by atoms with van der Waals surface area (Å²) in [5.74, 6) is -1.74. The molecule has 1 amide bonds. The molecule has 9 nitrogen and oxygen atoms in total. The number of nitrogens with zero attached hydrogens (tertiary/aromatic N) is 2. The Morgan fingerprint density at radius 2 is 1.81 bits per heavy atom. The van der Waals surface area contributed by atoms with E-state index in [2.05, 4.69) is 9.97 Å². The molecule has 3 aromatic rings. The van der Waals surface area contributed by atoms with Crippen LogP contribution in [0.1, 0.15) is 16.7 Å². The van der Waals surface area contributed by atoms with Crippen LogP contribution in [-0.2, 0) is 16.8 Å². The highest BCUT2D eigenvalue weighted by atomic mass is 19.1. The number of nitriles is 1. The smallest absolute Gasteiger partial charge is 0.328 e. The van der Waals surface area contributed by atoms with Gasteiger partial charge in [-0.1, -0.05) is 30.3 Å². The van der Waals surface area contributed by atoms with Crippen LogP contribution >= 0.6 is 0 Å². The highest BCUT2D eigenvalue weighted by Gasteiger charge is 2.60. The van der Waals surface area contributed by atoms with Gasteiger partial charge in [0, 0.05) is 11.3 Å². The molecule has 2 aliphatic heterocycles. The summed E-state index contributed by atoms with van der Waals surface area (Å²) in [6, 6.07) is 14.2. The van der Waals surface area contributed by atoms with Gasteiger partial charge in [0.15, 0.2) is 5.41 Å². The molecule has 0 saturated heterocycles. The molecule has 2 aromatic carbocycles. The number of benzene rings is 2. The van der Waals surface area contributed by atoms with Gasteiger partial charge in [-0.15, -0.1) is 0 Å². The molecule has 0 saturated carbocycles. The van der Waals surface area contributed by atoms with E-state index in [9.17, 15) is 24.0 Å². The fraction of sp³-hybridized carbons (Fsp3) is 0.0909. The number of H-pyrrole nitrogens is 2. The van der Waals surface area contributed by atoms with Gasteiger partial charge in [0.05, 0.1) is 6.54 Å². The number of anilines is 1. The molecule has 0 fully saturated rings. The third-order valence-corrected chi connectivity index (χ3v) is 5.65. The van der Waals surface area contributed by atoms with Crippen LogP contribution in [0, 0.1) is 17.1 Å². The summed E-state index contributed by atoms with van der Waals surface area (Å²) in [5, 5.41) is 9.94. The average Bonchev–Trinajstić information content (AvgIpc) is 2.98. The Balaban J connectivity index is 1.82. The lowest BCUT2D eigenvalue weighted by Crippen LogP contribution is -2.50. The molecule has 5 rings (SSSR count). The number of nitrogens with two attached hydrogens (primary N) is 1. The first-order valence-corrected chi connectivity index (χ1v) is 9.49. The van der Waals surface area contributed by atoms with Crippen LogP contribution in [0.15, 0.2) is 69.6 Å². The molecule has 0 unspecified atom stereocenters. The highest BCUT2D eigenvalue weighted by molar-refractivity contribution is 6.14. The maximum Gasteiger partial charge on any atom is 0.328 e. The van der Waals surface area contributed by atoms with Crippen LogP contribution in [0.4, 0.5) is 10.1 Å². The first-order chi connectivity index (χ1) is 15.4. The first-order valence-electron chi connectivity index (χ1n) is 9.49. The molecule has 0 radical (unpaired) electrons. The topological polar surface area (TPSA) is 145 Å². The Labute approximate surface area is 179 Å². The van der Waals surface area contributed by atoms with Crippen molar-refractivity contribution in [3.05, 3.63) is 103 Å². The zero-order chi connectivity index (χ0) is 22.6. The lowest BCUT2D eigenvalue weighted by atomic mass is 9.69. The van der Waals surface area contributed by atoms with Gasteiger partial charge in [0.25, 0.3) is 5.56 Å². The van der Waals surface area contributed by atoms with Gasteiger partial charge in [-0.2, -0.15) is 5.26 Å². The average molecular weight is 431 g/mol. The molecule has 158 valence electrons. The van der Waals surface area contributed by atoms with Crippen molar-refractivity contribution in [3.63, 3.8) is 0 Å². The van der Waals surface area contributed by atoms with Crippen molar-refractivity contribution in [1.29, 1.82) is 5.26 Å². The van der Waals surface area contributed by atoms with E-state index >= 15 is 0 Å². The van der Waals surface area contributed by atoms with Crippen molar-refractivity contribution in [3.8, 4) is 11.9 Å². The predicted molar refractivity (Wildman–Crippen MR) is 110 cm³/mol. The van der Waals surface area contributed by atoms with Crippen molar-refractivity contribution >= 4 is 11.6 Å². The molecule has 32 heavy (non-hydrogen) atoms. The lowest BCUT2D eigenvalue weighted by molar-refractivity contribution is -0.121. The molecule has 0 bridgehead atoms. The molecule has 1 spiro atoms. The number of aromatic nitrogens is 2. The largest absolute Gasteiger partial charge is 0.423 e. The number of hydrogen-bond acceptors (Lipinski definition) is 6. The van der Waals surface area contributed by atoms with Gasteiger partial charge in [-0.05, 0) is 23.8 Å². The summed E-state index contributed by atoms with van der Waals surface area (Å²) < 4.78 is 18.7. The van der Waals surface area contributed by atoms with E-state index in [1.165, 1.54) is 29.2 Å². The number of hydrogen-bond donors (Lipinski definition) is 3. The molecular formula is C22H14FN5O4. The molecule has 1 aromatic heterocycles. The number of rotatable bonds is 2. The van der Waals surface area contributed by atoms with E-state index in [-0.39, 0.29) is 23.6 Å². The second-order valence-corrected chi connectivity index (χ2v) is 7.35. The number of amides is 1.